The zero-order chi connectivity index (χ0) is 15.8. The Kier molecular flexibility index (Phi) is 3.68. The van der Waals surface area contributed by atoms with Crippen molar-refractivity contribution in [1.29, 1.82) is 0 Å². The molecule has 2 heterocycles. The molecule has 4 rings (SSSR count). The van der Waals surface area contributed by atoms with Crippen LogP contribution in [0.15, 0.2) is 24.3 Å². The molecule has 3 aliphatic rings. The number of carboxylic acids is 1. The Morgan fingerprint density at radius 2 is 1.82 bits per heavy atom. The first-order chi connectivity index (χ1) is 10.5. The summed E-state index contributed by atoms with van der Waals surface area (Å²) in [5.74, 6) is -1.10. The van der Waals surface area contributed by atoms with Gasteiger partial charge in [0.05, 0.1) is 31.3 Å². The third-order valence-corrected chi connectivity index (χ3v) is 5.18. The van der Waals surface area contributed by atoms with Gasteiger partial charge in [0, 0.05) is 5.41 Å². The molecule has 2 saturated heterocycles. The monoisotopic (exact) mass is 304 g/mol. The summed E-state index contributed by atoms with van der Waals surface area (Å²) in [6, 6.07) is 6.95. The second-order valence-electron chi connectivity index (χ2n) is 6.42. The third-order valence-electron chi connectivity index (χ3n) is 5.18. The van der Waals surface area contributed by atoms with Gasteiger partial charge in [0.15, 0.2) is 0 Å². The molecule has 2 aliphatic heterocycles. The lowest BCUT2D eigenvalue weighted by Gasteiger charge is -2.53. The molecule has 1 aliphatic carbocycles. The van der Waals surface area contributed by atoms with E-state index in [-0.39, 0.29) is 22.5 Å². The maximum atomic E-state index is 11.6. The highest BCUT2D eigenvalue weighted by Gasteiger charge is 2.51. The molecule has 5 nitrogen and oxygen atoms in total. The molecule has 22 heavy (non-hydrogen) atoms. The lowest BCUT2D eigenvalue weighted by Crippen LogP contribution is -2.50. The van der Waals surface area contributed by atoms with E-state index in [1.54, 1.807) is 12.1 Å². The standard InChI is InChI=1S/C17H20O5/c1-21-14(18)10-16-6-8-17(9-7-16,22-11-16)13-4-2-12(3-5-13)15(19)20/h2-5H,6-11H2,1H3,(H,19,20). The van der Waals surface area contributed by atoms with Crippen molar-refractivity contribution in [3.05, 3.63) is 35.4 Å². The molecule has 0 radical (unpaired) electrons. The van der Waals surface area contributed by atoms with Crippen molar-refractivity contribution in [2.75, 3.05) is 13.7 Å². The molecular weight excluding hydrogens is 284 g/mol. The Bertz CT molecular complexity index is 565. The van der Waals surface area contributed by atoms with Crippen molar-refractivity contribution >= 4 is 11.9 Å². The molecule has 0 aromatic heterocycles. The van der Waals surface area contributed by atoms with Crippen molar-refractivity contribution in [1.82, 2.24) is 0 Å². The van der Waals surface area contributed by atoms with Gasteiger partial charge in [0.2, 0.25) is 0 Å². The fourth-order valence-corrected chi connectivity index (χ4v) is 3.66. The lowest BCUT2D eigenvalue weighted by atomic mass is 9.63. The van der Waals surface area contributed by atoms with E-state index in [4.69, 9.17) is 14.6 Å². The van der Waals surface area contributed by atoms with Crippen LogP contribution >= 0.6 is 0 Å². The van der Waals surface area contributed by atoms with Gasteiger partial charge in [-0.1, -0.05) is 12.1 Å². The van der Waals surface area contributed by atoms with Gasteiger partial charge in [-0.3, -0.25) is 4.79 Å². The van der Waals surface area contributed by atoms with E-state index in [0.717, 1.165) is 31.2 Å². The van der Waals surface area contributed by atoms with Gasteiger partial charge in [-0.15, -0.1) is 0 Å². The van der Waals surface area contributed by atoms with E-state index in [9.17, 15) is 9.59 Å². The Morgan fingerprint density at radius 1 is 1.18 bits per heavy atom. The van der Waals surface area contributed by atoms with Crippen LogP contribution in [0.4, 0.5) is 0 Å². The fraction of sp³-hybridized carbons (Fsp3) is 0.529. The number of esters is 1. The summed E-state index contributed by atoms with van der Waals surface area (Å²) in [4.78, 5) is 22.5. The van der Waals surface area contributed by atoms with Crippen LogP contribution in [-0.4, -0.2) is 30.8 Å². The number of carbonyl (C=O) groups is 2. The number of aromatic carboxylic acids is 1. The van der Waals surface area contributed by atoms with Gasteiger partial charge < -0.3 is 14.6 Å². The first kappa shape index (κ1) is 15.0. The summed E-state index contributed by atoms with van der Waals surface area (Å²) in [6.07, 6.45) is 4.00. The molecule has 0 spiro atoms. The highest BCUT2D eigenvalue weighted by molar-refractivity contribution is 5.87. The predicted octanol–water partition coefficient (Wildman–Crippen LogP) is 2.73. The Hall–Kier alpha value is -1.88. The molecule has 1 aromatic rings. The van der Waals surface area contributed by atoms with E-state index >= 15 is 0 Å². The Balaban J connectivity index is 1.76. The summed E-state index contributed by atoms with van der Waals surface area (Å²) < 4.78 is 10.9. The number of fused-ring (bicyclic) bond motifs is 3. The summed E-state index contributed by atoms with van der Waals surface area (Å²) in [6.45, 7) is 0.558. The lowest BCUT2D eigenvalue weighted by molar-refractivity contribution is -0.196. The number of carbonyl (C=O) groups excluding carboxylic acids is 1. The number of rotatable bonds is 4. The van der Waals surface area contributed by atoms with Crippen LogP contribution in [-0.2, 0) is 19.9 Å². The zero-order valence-corrected chi connectivity index (χ0v) is 12.6. The summed E-state index contributed by atoms with van der Waals surface area (Å²) in [7, 11) is 1.42. The van der Waals surface area contributed by atoms with Gasteiger partial charge in [-0.25, -0.2) is 4.79 Å². The molecular formula is C17H20O5. The van der Waals surface area contributed by atoms with Gasteiger partial charge in [-0.05, 0) is 43.4 Å². The summed E-state index contributed by atoms with van der Waals surface area (Å²) in [5.41, 5.74) is 0.903. The topological polar surface area (TPSA) is 72.8 Å². The number of benzene rings is 1. The minimum absolute atomic E-state index is 0.0875. The molecule has 3 fully saturated rings. The first-order valence-electron chi connectivity index (χ1n) is 7.53. The van der Waals surface area contributed by atoms with Crippen LogP contribution < -0.4 is 0 Å². The molecule has 1 N–H and O–H groups in total. The average molecular weight is 304 g/mol. The molecule has 5 heteroatoms. The quantitative estimate of drug-likeness (QED) is 0.866. The minimum atomic E-state index is -0.922. The Labute approximate surface area is 129 Å². The smallest absolute Gasteiger partial charge is 0.335 e. The summed E-state index contributed by atoms with van der Waals surface area (Å²) >= 11 is 0. The molecule has 0 atom stereocenters. The molecule has 1 aromatic carbocycles. The van der Waals surface area contributed by atoms with Crippen LogP contribution in [0.25, 0.3) is 0 Å². The molecule has 0 unspecified atom stereocenters. The number of carboxylic acid groups (broad SMARTS) is 1. The van der Waals surface area contributed by atoms with E-state index in [2.05, 4.69) is 0 Å². The van der Waals surface area contributed by atoms with E-state index < -0.39 is 5.97 Å². The van der Waals surface area contributed by atoms with Crippen LogP contribution in [0.1, 0.15) is 48.0 Å². The molecule has 0 amide bonds. The largest absolute Gasteiger partial charge is 0.478 e. The maximum absolute atomic E-state index is 11.6. The highest BCUT2D eigenvalue weighted by Crippen LogP contribution is 2.55. The molecule has 1 saturated carbocycles. The van der Waals surface area contributed by atoms with Gasteiger partial charge in [0.25, 0.3) is 0 Å². The van der Waals surface area contributed by atoms with Crippen molar-refractivity contribution in [3.63, 3.8) is 0 Å². The maximum Gasteiger partial charge on any atom is 0.335 e. The van der Waals surface area contributed by atoms with Crippen molar-refractivity contribution < 1.29 is 24.2 Å². The highest BCUT2D eigenvalue weighted by atomic mass is 16.5. The van der Waals surface area contributed by atoms with Crippen LogP contribution in [0, 0.1) is 5.41 Å². The van der Waals surface area contributed by atoms with Crippen LogP contribution in [0.3, 0.4) is 0 Å². The van der Waals surface area contributed by atoms with Gasteiger partial charge in [-0.2, -0.15) is 0 Å². The average Bonchev–Trinajstić information content (AvgIpc) is 2.56. The Morgan fingerprint density at radius 3 is 2.27 bits per heavy atom. The number of hydrogen-bond acceptors (Lipinski definition) is 4. The van der Waals surface area contributed by atoms with Gasteiger partial charge in [0.1, 0.15) is 0 Å². The minimum Gasteiger partial charge on any atom is -0.478 e. The van der Waals surface area contributed by atoms with Crippen LogP contribution in [0.5, 0.6) is 0 Å². The normalized spacial score (nSPS) is 30.0. The molecule has 118 valence electrons. The second kappa shape index (κ2) is 5.39. The molecule has 2 bridgehead atoms. The van der Waals surface area contributed by atoms with E-state index in [0.29, 0.717) is 13.0 Å². The third kappa shape index (κ3) is 2.50. The number of methoxy groups -OCH3 is 1. The predicted molar refractivity (Wildman–Crippen MR) is 78.6 cm³/mol. The number of ether oxygens (including phenoxy) is 2. The SMILES string of the molecule is COC(=O)CC12CCC(c3ccc(C(=O)O)cc3)(CC1)OC2. The number of hydrogen-bond donors (Lipinski definition) is 1. The van der Waals surface area contributed by atoms with Gasteiger partial charge >= 0.3 is 11.9 Å². The van der Waals surface area contributed by atoms with Crippen molar-refractivity contribution in [2.24, 2.45) is 5.41 Å². The van der Waals surface area contributed by atoms with Crippen molar-refractivity contribution in [2.45, 2.75) is 37.7 Å². The fourth-order valence-electron chi connectivity index (χ4n) is 3.66. The second-order valence-corrected chi connectivity index (χ2v) is 6.42. The first-order valence-corrected chi connectivity index (χ1v) is 7.53. The van der Waals surface area contributed by atoms with E-state index in [1.807, 2.05) is 12.1 Å². The van der Waals surface area contributed by atoms with Crippen molar-refractivity contribution in [3.8, 4) is 0 Å². The summed E-state index contributed by atoms with van der Waals surface area (Å²) in [5, 5.41) is 8.98. The van der Waals surface area contributed by atoms with E-state index in [1.165, 1.54) is 7.11 Å². The van der Waals surface area contributed by atoms with Crippen LogP contribution in [0.2, 0.25) is 0 Å². The zero-order valence-electron chi connectivity index (χ0n) is 12.6.